The van der Waals surface area contributed by atoms with E-state index < -0.39 is 0 Å². The first-order valence-electron chi connectivity index (χ1n) is 9.26. The predicted octanol–water partition coefficient (Wildman–Crippen LogP) is 1.13. The van der Waals surface area contributed by atoms with Crippen molar-refractivity contribution in [3.8, 4) is 0 Å². The Bertz CT molecular complexity index is 581. The number of ether oxygens (including phenoxy) is 3. The Morgan fingerprint density at radius 3 is 2.37 bits per heavy atom. The monoisotopic (exact) mass is 380 g/mol. The highest BCUT2D eigenvalue weighted by Gasteiger charge is 2.31. The highest BCUT2D eigenvalue weighted by Crippen LogP contribution is 2.30. The number of rotatable bonds is 10. The van der Waals surface area contributed by atoms with Gasteiger partial charge in [0, 0.05) is 51.5 Å². The molecule has 27 heavy (non-hydrogen) atoms. The van der Waals surface area contributed by atoms with Gasteiger partial charge in [-0.05, 0) is 12.5 Å². The molecule has 8 heteroatoms. The number of hydrogen-bond donors (Lipinski definition) is 1. The molecule has 2 aliphatic rings. The Kier molecular flexibility index (Phi) is 8.32. The number of carbonyl (C=O) groups is 3. The summed E-state index contributed by atoms with van der Waals surface area (Å²) < 4.78 is 15.4. The van der Waals surface area contributed by atoms with Crippen LogP contribution >= 0.6 is 0 Å². The van der Waals surface area contributed by atoms with Crippen molar-refractivity contribution in [2.24, 2.45) is 5.92 Å². The molecule has 2 rings (SSSR count). The van der Waals surface area contributed by atoms with E-state index >= 15 is 0 Å². The normalized spacial score (nSPS) is 20.5. The molecule has 1 aliphatic carbocycles. The van der Waals surface area contributed by atoms with Gasteiger partial charge in [0.05, 0.1) is 6.42 Å². The van der Waals surface area contributed by atoms with Gasteiger partial charge in [-0.15, -0.1) is 0 Å². The van der Waals surface area contributed by atoms with Crippen LogP contribution < -0.4 is 5.32 Å². The molecule has 2 atom stereocenters. The minimum absolute atomic E-state index is 0.209. The van der Waals surface area contributed by atoms with E-state index in [4.69, 9.17) is 14.2 Å². The average molecular weight is 380 g/mol. The molecule has 1 N–H and O–H groups in total. The first-order chi connectivity index (χ1) is 12.9. The topological polar surface area (TPSA) is 94.2 Å². The van der Waals surface area contributed by atoms with Crippen LogP contribution in [0, 0.1) is 5.92 Å². The van der Waals surface area contributed by atoms with E-state index in [0.717, 1.165) is 18.5 Å². The van der Waals surface area contributed by atoms with Crippen molar-refractivity contribution in [1.82, 2.24) is 10.2 Å². The maximum Gasteiger partial charge on any atom is 0.309 e. The molecule has 0 spiro atoms. The van der Waals surface area contributed by atoms with E-state index in [0.29, 0.717) is 25.6 Å². The molecule has 1 aliphatic heterocycles. The van der Waals surface area contributed by atoms with Crippen molar-refractivity contribution in [2.75, 3.05) is 32.8 Å². The molecule has 0 aromatic heterocycles. The third-order valence-corrected chi connectivity index (χ3v) is 4.43. The van der Waals surface area contributed by atoms with Crippen LogP contribution in [0.15, 0.2) is 23.9 Å². The lowest BCUT2D eigenvalue weighted by molar-refractivity contribution is -0.151. The molecule has 8 nitrogen and oxygen atoms in total. The van der Waals surface area contributed by atoms with E-state index in [1.54, 1.807) is 0 Å². The number of nitrogens with zero attached hydrogens (tertiary/aromatic N) is 1. The van der Waals surface area contributed by atoms with Gasteiger partial charge in [-0.25, -0.2) is 0 Å². The molecule has 1 fully saturated rings. The van der Waals surface area contributed by atoms with Crippen LogP contribution in [-0.2, 0) is 28.6 Å². The van der Waals surface area contributed by atoms with Gasteiger partial charge >= 0.3 is 17.9 Å². The lowest BCUT2D eigenvalue weighted by Crippen LogP contribution is -2.35. The molecule has 0 amide bonds. The van der Waals surface area contributed by atoms with Crippen LogP contribution in [0.4, 0.5) is 0 Å². The maximum atomic E-state index is 12.2. The van der Waals surface area contributed by atoms with Gasteiger partial charge in [0.25, 0.3) is 0 Å². The van der Waals surface area contributed by atoms with E-state index in [1.807, 2.05) is 17.1 Å². The van der Waals surface area contributed by atoms with Crippen LogP contribution in [0.25, 0.3) is 0 Å². The minimum Gasteiger partial charge on any atom is -0.465 e. The molecule has 0 aromatic rings. The number of esters is 3. The summed E-state index contributed by atoms with van der Waals surface area (Å²) in [6.45, 7) is 4.47. The predicted molar refractivity (Wildman–Crippen MR) is 97.3 cm³/mol. The van der Waals surface area contributed by atoms with Crippen molar-refractivity contribution in [3.63, 3.8) is 0 Å². The van der Waals surface area contributed by atoms with Crippen LogP contribution in [-0.4, -0.2) is 61.9 Å². The Morgan fingerprint density at radius 1 is 1.11 bits per heavy atom. The highest BCUT2D eigenvalue weighted by atomic mass is 16.6. The van der Waals surface area contributed by atoms with Gasteiger partial charge in [0.2, 0.25) is 0 Å². The summed E-state index contributed by atoms with van der Waals surface area (Å²) in [4.78, 5) is 35.9. The van der Waals surface area contributed by atoms with E-state index in [1.165, 1.54) is 13.8 Å². The number of hydrogen-bond acceptors (Lipinski definition) is 8. The first kappa shape index (κ1) is 21.0. The zero-order chi connectivity index (χ0) is 19.6. The molecule has 0 radical (unpaired) electrons. The zero-order valence-corrected chi connectivity index (χ0v) is 15.9. The Hall–Kier alpha value is -2.35. The number of fused-ring (bicyclic) bond motifs is 1. The van der Waals surface area contributed by atoms with Crippen molar-refractivity contribution in [1.29, 1.82) is 0 Å². The van der Waals surface area contributed by atoms with Crippen molar-refractivity contribution in [3.05, 3.63) is 23.9 Å². The molecule has 0 aromatic carbocycles. The summed E-state index contributed by atoms with van der Waals surface area (Å²) in [6.07, 6.45) is 7.81. The van der Waals surface area contributed by atoms with Crippen molar-refractivity contribution < 1.29 is 28.6 Å². The molecular formula is C19H28N2O6. The van der Waals surface area contributed by atoms with Gasteiger partial charge in [-0.1, -0.05) is 12.2 Å². The van der Waals surface area contributed by atoms with Crippen LogP contribution in [0.2, 0.25) is 0 Å². The number of nitrogens with one attached hydrogen (secondary N) is 1. The molecule has 1 heterocycles. The summed E-state index contributed by atoms with van der Waals surface area (Å²) in [5.41, 5.74) is 1.12. The lowest BCUT2D eigenvalue weighted by atomic mass is 9.97. The second-order valence-corrected chi connectivity index (χ2v) is 6.61. The molecule has 1 saturated heterocycles. The second-order valence-electron chi connectivity index (χ2n) is 6.61. The highest BCUT2D eigenvalue weighted by molar-refractivity contribution is 5.70. The first-order valence-corrected chi connectivity index (χ1v) is 9.26. The molecule has 0 saturated carbocycles. The molecular weight excluding hydrogens is 352 g/mol. The average Bonchev–Trinajstić information content (AvgIpc) is 3.00. The van der Waals surface area contributed by atoms with Crippen molar-refractivity contribution >= 4 is 17.9 Å². The summed E-state index contributed by atoms with van der Waals surface area (Å²) in [5.74, 6) is -0.597. The molecule has 150 valence electrons. The van der Waals surface area contributed by atoms with Crippen LogP contribution in [0.5, 0.6) is 0 Å². The van der Waals surface area contributed by atoms with Crippen molar-refractivity contribution in [2.45, 2.75) is 39.3 Å². The fourth-order valence-electron chi connectivity index (χ4n) is 3.09. The Morgan fingerprint density at radius 2 is 1.78 bits per heavy atom. The van der Waals surface area contributed by atoms with E-state index in [-0.39, 0.29) is 43.8 Å². The van der Waals surface area contributed by atoms with Gasteiger partial charge in [0.15, 0.2) is 6.23 Å². The summed E-state index contributed by atoms with van der Waals surface area (Å²) in [7, 11) is 0. The van der Waals surface area contributed by atoms with Gasteiger partial charge < -0.3 is 19.5 Å². The zero-order valence-electron chi connectivity index (χ0n) is 15.9. The fourth-order valence-corrected chi connectivity index (χ4v) is 3.09. The standard InChI is InChI=1S/C19H28N2O6/c1-14(22)25-11-9-21(10-12-26-15(2)23)8-7-19(24)27-18-13-16-5-3-4-6-17(16)20-18/h3-4,6,16,18,20H,5,7-13H2,1-2H3. The minimum atomic E-state index is -0.355. The smallest absolute Gasteiger partial charge is 0.309 e. The third-order valence-electron chi connectivity index (χ3n) is 4.43. The number of allylic oxidation sites excluding steroid dienone is 4. The fraction of sp³-hybridized carbons (Fsp3) is 0.632. The number of carbonyl (C=O) groups excluding carboxylic acids is 3. The van der Waals surface area contributed by atoms with E-state index in [9.17, 15) is 14.4 Å². The van der Waals surface area contributed by atoms with Gasteiger partial charge in [0.1, 0.15) is 13.2 Å². The van der Waals surface area contributed by atoms with Crippen LogP contribution in [0.3, 0.4) is 0 Å². The largest absolute Gasteiger partial charge is 0.465 e. The Labute approximate surface area is 159 Å². The summed E-state index contributed by atoms with van der Waals surface area (Å²) in [5, 5.41) is 3.24. The lowest BCUT2D eigenvalue weighted by Gasteiger charge is -2.22. The second kappa shape index (κ2) is 10.7. The quantitative estimate of drug-likeness (QED) is 0.445. The van der Waals surface area contributed by atoms with Gasteiger partial charge in [-0.2, -0.15) is 0 Å². The summed E-state index contributed by atoms with van der Waals surface area (Å²) in [6, 6.07) is 0. The SMILES string of the molecule is CC(=O)OCCN(CCOC(C)=O)CCC(=O)OC1CC2CC=CC=C2N1. The molecule has 0 bridgehead atoms. The van der Waals surface area contributed by atoms with E-state index in [2.05, 4.69) is 11.4 Å². The summed E-state index contributed by atoms with van der Waals surface area (Å²) >= 11 is 0. The third kappa shape index (κ3) is 7.82. The van der Waals surface area contributed by atoms with Gasteiger partial charge in [-0.3, -0.25) is 19.3 Å². The molecule has 2 unspecified atom stereocenters. The Balaban J connectivity index is 1.72. The van der Waals surface area contributed by atoms with Crippen LogP contribution in [0.1, 0.15) is 33.1 Å². The maximum absolute atomic E-state index is 12.2.